The van der Waals surface area contributed by atoms with Crippen molar-refractivity contribution in [3.05, 3.63) is 60.4 Å². The summed E-state index contributed by atoms with van der Waals surface area (Å²) in [6.07, 6.45) is 2.19. The van der Waals surface area contributed by atoms with Crippen molar-refractivity contribution in [2.75, 3.05) is 39.5 Å². The highest BCUT2D eigenvalue weighted by Crippen LogP contribution is 2.18. The van der Waals surface area contributed by atoms with Gasteiger partial charge >= 0.3 is 0 Å². The number of ether oxygens (including phenoxy) is 2. The highest BCUT2D eigenvalue weighted by molar-refractivity contribution is 5.77. The van der Waals surface area contributed by atoms with Crippen molar-refractivity contribution in [2.24, 2.45) is 0 Å². The minimum Gasteiger partial charge on any atom is -0.492 e. The third-order valence-electron chi connectivity index (χ3n) is 5.32. The number of benzene rings is 2. The molecule has 30 heavy (non-hydrogen) atoms. The Morgan fingerprint density at radius 1 is 1.07 bits per heavy atom. The molecule has 0 aliphatic carbocycles. The van der Waals surface area contributed by atoms with Crippen molar-refractivity contribution in [3.63, 3.8) is 0 Å². The predicted molar refractivity (Wildman–Crippen MR) is 115 cm³/mol. The number of nitrogens with one attached hydrogen (secondary N) is 1. The molecule has 4 rings (SSSR count). The fourth-order valence-corrected chi connectivity index (χ4v) is 3.59. The molecule has 7 nitrogen and oxygen atoms in total. The summed E-state index contributed by atoms with van der Waals surface area (Å²) in [4.78, 5) is 19.1. The van der Waals surface area contributed by atoms with Gasteiger partial charge < -0.3 is 19.4 Å². The molecule has 1 aromatic heterocycles. The Balaban J connectivity index is 1.24. The molecule has 1 N–H and O–H groups in total. The third kappa shape index (κ3) is 5.37. The van der Waals surface area contributed by atoms with Gasteiger partial charge in [0.2, 0.25) is 5.91 Å². The third-order valence-corrected chi connectivity index (χ3v) is 5.32. The first kappa shape index (κ1) is 20.4. The van der Waals surface area contributed by atoms with Gasteiger partial charge in [0.1, 0.15) is 12.4 Å². The largest absolute Gasteiger partial charge is 0.492 e. The average molecular weight is 409 g/mol. The van der Waals surface area contributed by atoms with Crippen LogP contribution in [0.25, 0.3) is 11.0 Å². The smallest absolute Gasteiger partial charge is 0.222 e. The minimum absolute atomic E-state index is 0.0101. The second kappa shape index (κ2) is 10.2. The lowest BCUT2D eigenvalue weighted by Gasteiger charge is -2.26. The van der Waals surface area contributed by atoms with Gasteiger partial charge in [0.05, 0.1) is 30.6 Å². The monoisotopic (exact) mass is 408 g/mol. The molecule has 7 heteroatoms. The van der Waals surface area contributed by atoms with Gasteiger partial charge in [-0.3, -0.25) is 9.69 Å². The van der Waals surface area contributed by atoms with E-state index in [1.807, 2.05) is 53.1 Å². The van der Waals surface area contributed by atoms with Crippen molar-refractivity contribution >= 4 is 16.9 Å². The summed E-state index contributed by atoms with van der Waals surface area (Å²) in [5.74, 6) is 0.836. The van der Waals surface area contributed by atoms with Crippen LogP contribution in [0.3, 0.4) is 0 Å². The van der Waals surface area contributed by atoms with E-state index in [-0.39, 0.29) is 5.91 Å². The molecule has 1 saturated heterocycles. The van der Waals surface area contributed by atoms with E-state index in [2.05, 4.69) is 15.2 Å². The maximum absolute atomic E-state index is 12.4. The average Bonchev–Trinajstić information content (AvgIpc) is 3.21. The Labute approximate surface area is 176 Å². The standard InChI is InChI=1S/C23H28N4O3/c28-23(9-10-27-18-25-20-6-2-3-7-21(20)27)24-17-19-5-1-4-8-22(19)30-16-13-26-11-14-29-15-12-26/h1-8,18H,9-17H2,(H,24,28). The second-order valence-electron chi connectivity index (χ2n) is 7.36. The van der Waals surface area contributed by atoms with Crippen molar-refractivity contribution in [3.8, 4) is 5.75 Å². The number of carbonyl (C=O) groups excluding carboxylic acids is 1. The summed E-state index contributed by atoms with van der Waals surface area (Å²) in [6.45, 7) is 6.04. The van der Waals surface area contributed by atoms with Crippen LogP contribution in [0.1, 0.15) is 12.0 Å². The number of morpholine rings is 1. The summed E-state index contributed by atoms with van der Waals surface area (Å²) in [6, 6.07) is 15.8. The van der Waals surface area contributed by atoms with Crippen LogP contribution in [0.15, 0.2) is 54.9 Å². The van der Waals surface area contributed by atoms with E-state index in [0.29, 0.717) is 26.1 Å². The van der Waals surface area contributed by atoms with E-state index >= 15 is 0 Å². The molecule has 158 valence electrons. The van der Waals surface area contributed by atoms with Crippen molar-refractivity contribution in [1.29, 1.82) is 0 Å². The zero-order valence-electron chi connectivity index (χ0n) is 17.1. The molecule has 0 atom stereocenters. The van der Waals surface area contributed by atoms with Crippen molar-refractivity contribution in [1.82, 2.24) is 19.8 Å². The number of nitrogens with zero attached hydrogens (tertiary/aromatic N) is 3. The fraction of sp³-hybridized carbons (Fsp3) is 0.391. The minimum atomic E-state index is 0.0101. The Morgan fingerprint density at radius 3 is 2.77 bits per heavy atom. The number of aromatic nitrogens is 2. The molecular weight excluding hydrogens is 380 g/mol. The molecule has 1 amide bonds. The van der Waals surface area contributed by atoms with Gasteiger partial charge in [0, 0.05) is 44.7 Å². The Kier molecular flexibility index (Phi) is 6.95. The van der Waals surface area contributed by atoms with Crippen LogP contribution in [0, 0.1) is 0 Å². The first-order valence-corrected chi connectivity index (χ1v) is 10.5. The van der Waals surface area contributed by atoms with Gasteiger partial charge in [-0.15, -0.1) is 0 Å². The molecule has 2 heterocycles. The number of amides is 1. The molecule has 0 spiro atoms. The van der Waals surface area contributed by atoms with Gasteiger partial charge in [-0.1, -0.05) is 30.3 Å². The molecule has 3 aromatic rings. The Hall–Kier alpha value is -2.90. The summed E-state index contributed by atoms with van der Waals surface area (Å²) in [5, 5.41) is 3.01. The van der Waals surface area contributed by atoms with Gasteiger partial charge in [-0.2, -0.15) is 0 Å². The van der Waals surface area contributed by atoms with Crippen LogP contribution >= 0.6 is 0 Å². The van der Waals surface area contributed by atoms with E-state index in [1.54, 1.807) is 6.33 Å². The van der Waals surface area contributed by atoms with Crippen LogP contribution in [-0.2, 0) is 22.6 Å². The van der Waals surface area contributed by atoms with Gasteiger partial charge in [-0.25, -0.2) is 4.98 Å². The zero-order chi connectivity index (χ0) is 20.6. The molecular formula is C23H28N4O3. The number of hydrogen-bond donors (Lipinski definition) is 1. The number of aryl methyl sites for hydroxylation is 1. The predicted octanol–water partition coefficient (Wildman–Crippen LogP) is 2.45. The second-order valence-corrected chi connectivity index (χ2v) is 7.36. The van der Waals surface area contributed by atoms with Crippen LogP contribution in [0.4, 0.5) is 0 Å². The summed E-state index contributed by atoms with van der Waals surface area (Å²) < 4.78 is 13.4. The molecule has 0 saturated carbocycles. The van der Waals surface area contributed by atoms with E-state index in [0.717, 1.165) is 55.2 Å². The van der Waals surface area contributed by atoms with Gasteiger partial charge in [0.15, 0.2) is 0 Å². The number of carbonyl (C=O) groups is 1. The van der Waals surface area contributed by atoms with Crippen molar-refractivity contribution in [2.45, 2.75) is 19.5 Å². The summed E-state index contributed by atoms with van der Waals surface area (Å²) >= 11 is 0. The van der Waals surface area contributed by atoms with Crippen LogP contribution < -0.4 is 10.1 Å². The topological polar surface area (TPSA) is 68.6 Å². The van der Waals surface area contributed by atoms with Crippen molar-refractivity contribution < 1.29 is 14.3 Å². The molecule has 1 fully saturated rings. The number of hydrogen-bond acceptors (Lipinski definition) is 5. The number of fused-ring (bicyclic) bond motifs is 1. The number of imidazole rings is 1. The highest BCUT2D eigenvalue weighted by Gasteiger charge is 2.11. The number of rotatable bonds is 9. The Morgan fingerprint density at radius 2 is 1.87 bits per heavy atom. The molecule has 1 aliphatic heterocycles. The Bertz CT molecular complexity index is 966. The molecule has 0 bridgehead atoms. The van der Waals surface area contributed by atoms with Crippen LogP contribution in [0.2, 0.25) is 0 Å². The molecule has 0 unspecified atom stereocenters. The maximum Gasteiger partial charge on any atom is 0.222 e. The fourth-order valence-electron chi connectivity index (χ4n) is 3.59. The lowest BCUT2D eigenvalue weighted by Crippen LogP contribution is -2.38. The first-order chi connectivity index (χ1) is 14.8. The van der Waals surface area contributed by atoms with E-state index in [4.69, 9.17) is 9.47 Å². The van der Waals surface area contributed by atoms with E-state index in [9.17, 15) is 4.79 Å². The van der Waals surface area contributed by atoms with Crippen LogP contribution in [-0.4, -0.2) is 59.8 Å². The summed E-state index contributed by atoms with van der Waals surface area (Å²) in [7, 11) is 0. The summed E-state index contributed by atoms with van der Waals surface area (Å²) in [5.41, 5.74) is 2.98. The normalized spacial score (nSPS) is 14.7. The molecule has 2 aromatic carbocycles. The molecule has 0 radical (unpaired) electrons. The quantitative estimate of drug-likeness (QED) is 0.589. The first-order valence-electron chi connectivity index (χ1n) is 10.5. The van der Waals surface area contributed by atoms with Gasteiger partial charge in [-0.05, 0) is 18.2 Å². The number of para-hydroxylation sites is 3. The maximum atomic E-state index is 12.4. The molecule has 1 aliphatic rings. The van der Waals surface area contributed by atoms with E-state index in [1.165, 1.54) is 0 Å². The van der Waals surface area contributed by atoms with Crippen LogP contribution in [0.5, 0.6) is 5.75 Å². The van der Waals surface area contributed by atoms with Gasteiger partial charge in [0.25, 0.3) is 0 Å². The highest BCUT2D eigenvalue weighted by atomic mass is 16.5. The lowest BCUT2D eigenvalue weighted by atomic mass is 10.2. The lowest BCUT2D eigenvalue weighted by molar-refractivity contribution is -0.121. The van der Waals surface area contributed by atoms with E-state index < -0.39 is 0 Å². The zero-order valence-corrected chi connectivity index (χ0v) is 17.1. The SMILES string of the molecule is O=C(CCn1cnc2ccccc21)NCc1ccccc1OCCN1CCOCC1.